The van der Waals surface area contributed by atoms with Crippen LogP contribution in [0.4, 0.5) is 5.95 Å². The molecule has 0 saturated heterocycles. The first-order chi connectivity index (χ1) is 10.0. The fourth-order valence-electron chi connectivity index (χ4n) is 1.62. The van der Waals surface area contributed by atoms with Gasteiger partial charge in [0.25, 0.3) is 0 Å². The summed E-state index contributed by atoms with van der Waals surface area (Å²) in [6, 6.07) is 0. The van der Waals surface area contributed by atoms with Crippen LogP contribution in [-0.2, 0) is 0 Å². The predicted octanol–water partition coefficient (Wildman–Crippen LogP) is 3.82. The molecule has 2 aromatic rings. The van der Waals surface area contributed by atoms with Crippen molar-refractivity contribution in [1.29, 1.82) is 0 Å². The molecule has 2 aromatic heterocycles. The van der Waals surface area contributed by atoms with E-state index >= 15 is 0 Å². The summed E-state index contributed by atoms with van der Waals surface area (Å²) in [7, 11) is 0. The molecule has 0 amide bonds. The Hall–Kier alpha value is -1.40. The van der Waals surface area contributed by atoms with Crippen molar-refractivity contribution in [3.05, 3.63) is 28.2 Å². The molecule has 2 rings (SSSR count). The van der Waals surface area contributed by atoms with Gasteiger partial charge in [0.1, 0.15) is 5.03 Å². The Morgan fingerprint density at radius 1 is 1.14 bits per heavy atom. The maximum Gasteiger partial charge on any atom is 0.223 e. The molecule has 5 nitrogen and oxygen atoms in total. The summed E-state index contributed by atoms with van der Waals surface area (Å²) >= 11 is 7.52. The molecule has 0 aliphatic carbocycles. The molecule has 0 aliphatic heterocycles. The van der Waals surface area contributed by atoms with Crippen molar-refractivity contribution in [3.8, 4) is 0 Å². The third-order valence-corrected chi connectivity index (χ3v) is 4.30. The average Bonchev–Trinajstić information content (AvgIpc) is 2.45. The van der Waals surface area contributed by atoms with Crippen LogP contribution >= 0.6 is 23.4 Å². The van der Waals surface area contributed by atoms with Crippen molar-refractivity contribution in [2.24, 2.45) is 0 Å². The lowest BCUT2D eigenvalue weighted by atomic mass is 10.2. The number of halogens is 1. The van der Waals surface area contributed by atoms with E-state index in [1.165, 1.54) is 11.8 Å². The summed E-state index contributed by atoms with van der Waals surface area (Å²) in [6.07, 6.45) is 2.61. The molecule has 0 fully saturated rings. The van der Waals surface area contributed by atoms with Gasteiger partial charge < -0.3 is 5.32 Å². The summed E-state index contributed by atoms with van der Waals surface area (Å²) in [5, 5.41) is 4.96. The first-order valence-electron chi connectivity index (χ1n) is 6.77. The SMILES string of the molecule is CCCNc1ncc(Cl)c(Sc2nc(C)c(C)c(C)n2)n1. The highest BCUT2D eigenvalue weighted by molar-refractivity contribution is 7.99. The van der Waals surface area contributed by atoms with E-state index in [1.807, 2.05) is 20.8 Å². The second-order valence-electron chi connectivity index (χ2n) is 4.68. The fourth-order valence-corrected chi connectivity index (χ4v) is 2.65. The van der Waals surface area contributed by atoms with E-state index < -0.39 is 0 Å². The van der Waals surface area contributed by atoms with Gasteiger partial charge in [-0.05, 0) is 44.5 Å². The number of hydrogen-bond acceptors (Lipinski definition) is 6. The topological polar surface area (TPSA) is 63.6 Å². The zero-order valence-corrected chi connectivity index (χ0v) is 14.1. The van der Waals surface area contributed by atoms with Gasteiger partial charge in [-0.1, -0.05) is 18.5 Å². The minimum absolute atomic E-state index is 0.501. The molecule has 0 unspecified atom stereocenters. The molecule has 0 saturated carbocycles. The molecule has 21 heavy (non-hydrogen) atoms. The number of aryl methyl sites for hydroxylation is 2. The Bertz CT molecular complexity index is 624. The number of nitrogens with zero attached hydrogens (tertiary/aromatic N) is 4. The Morgan fingerprint density at radius 2 is 1.81 bits per heavy atom. The number of nitrogens with one attached hydrogen (secondary N) is 1. The first-order valence-corrected chi connectivity index (χ1v) is 7.96. The highest BCUT2D eigenvalue weighted by Crippen LogP contribution is 2.30. The van der Waals surface area contributed by atoms with E-state index in [0.29, 0.717) is 21.2 Å². The molecule has 0 aliphatic rings. The van der Waals surface area contributed by atoms with Crippen LogP contribution in [0.25, 0.3) is 0 Å². The fraction of sp³-hybridized carbons (Fsp3) is 0.429. The van der Waals surface area contributed by atoms with Crippen LogP contribution in [-0.4, -0.2) is 26.5 Å². The second kappa shape index (κ2) is 7.04. The Kier molecular flexibility index (Phi) is 5.36. The van der Waals surface area contributed by atoms with Crippen LogP contribution < -0.4 is 5.32 Å². The number of aromatic nitrogens is 4. The summed E-state index contributed by atoms with van der Waals surface area (Å²) in [5.74, 6) is 0.573. The lowest BCUT2D eigenvalue weighted by Gasteiger charge is -2.08. The van der Waals surface area contributed by atoms with Crippen molar-refractivity contribution >= 4 is 29.3 Å². The zero-order chi connectivity index (χ0) is 15.4. The van der Waals surface area contributed by atoms with Crippen molar-refractivity contribution in [2.45, 2.75) is 44.3 Å². The Morgan fingerprint density at radius 3 is 2.43 bits per heavy atom. The largest absolute Gasteiger partial charge is 0.354 e. The van der Waals surface area contributed by atoms with E-state index in [1.54, 1.807) is 6.20 Å². The Balaban J connectivity index is 2.26. The van der Waals surface area contributed by atoms with E-state index in [4.69, 9.17) is 11.6 Å². The Labute approximate surface area is 134 Å². The van der Waals surface area contributed by atoms with Gasteiger partial charge >= 0.3 is 0 Å². The van der Waals surface area contributed by atoms with Gasteiger partial charge in [-0.25, -0.2) is 19.9 Å². The van der Waals surface area contributed by atoms with Gasteiger partial charge in [-0.2, -0.15) is 0 Å². The molecular formula is C14H18ClN5S. The number of anilines is 1. The van der Waals surface area contributed by atoms with Gasteiger partial charge in [0.05, 0.1) is 11.2 Å². The van der Waals surface area contributed by atoms with E-state index in [-0.39, 0.29) is 0 Å². The van der Waals surface area contributed by atoms with Crippen LogP contribution in [0.5, 0.6) is 0 Å². The maximum atomic E-state index is 6.16. The number of rotatable bonds is 5. The van der Waals surface area contributed by atoms with Gasteiger partial charge in [-0.3, -0.25) is 0 Å². The lowest BCUT2D eigenvalue weighted by molar-refractivity contribution is 0.876. The van der Waals surface area contributed by atoms with Crippen LogP contribution in [0, 0.1) is 20.8 Å². The highest BCUT2D eigenvalue weighted by atomic mass is 35.5. The van der Waals surface area contributed by atoms with Gasteiger partial charge in [0.15, 0.2) is 5.16 Å². The quantitative estimate of drug-likeness (QED) is 0.666. The minimum atomic E-state index is 0.501. The van der Waals surface area contributed by atoms with Crippen molar-refractivity contribution in [1.82, 2.24) is 19.9 Å². The van der Waals surface area contributed by atoms with Crippen LogP contribution in [0.1, 0.15) is 30.3 Å². The molecule has 0 radical (unpaired) electrons. The van der Waals surface area contributed by atoms with E-state index in [0.717, 1.165) is 29.9 Å². The van der Waals surface area contributed by atoms with Crippen LogP contribution in [0.2, 0.25) is 5.02 Å². The third kappa shape index (κ3) is 4.04. The average molecular weight is 324 g/mol. The molecule has 0 aromatic carbocycles. The number of hydrogen-bond donors (Lipinski definition) is 1. The molecule has 7 heteroatoms. The van der Waals surface area contributed by atoms with Gasteiger partial charge in [-0.15, -0.1) is 0 Å². The first kappa shape index (κ1) is 16.0. The molecular weight excluding hydrogens is 306 g/mol. The second-order valence-corrected chi connectivity index (χ2v) is 6.04. The molecule has 1 N–H and O–H groups in total. The summed E-state index contributed by atoms with van der Waals surface area (Å²) in [4.78, 5) is 17.5. The van der Waals surface area contributed by atoms with Crippen LogP contribution in [0.3, 0.4) is 0 Å². The van der Waals surface area contributed by atoms with Crippen LogP contribution in [0.15, 0.2) is 16.4 Å². The summed E-state index contributed by atoms with van der Waals surface area (Å²) in [6.45, 7) is 8.88. The minimum Gasteiger partial charge on any atom is -0.354 e. The third-order valence-electron chi connectivity index (χ3n) is 3.05. The molecule has 0 bridgehead atoms. The predicted molar refractivity (Wildman–Crippen MR) is 86.2 cm³/mol. The molecule has 112 valence electrons. The van der Waals surface area contributed by atoms with Crippen molar-refractivity contribution in [2.75, 3.05) is 11.9 Å². The summed E-state index contributed by atoms with van der Waals surface area (Å²) < 4.78 is 0. The maximum absolute atomic E-state index is 6.16. The lowest BCUT2D eigenvalue weighted by Crippen LogP contribution is -2.05. The molecule has 0 spiro atoms. The monoisotopic (exact) mass is 323 g/mol. The van der Waals surface area contributed by atoms with Crippen molar-refractivity contribution in [3.63, 3.8) is 0 Å². The van der Waals surface area contributed by atoms with E-state index in [9.17, 15) is 0 Å². The smallest absolute Gasteiger partial charge is 0.223 e. The zero-order valence-electron chi connectivity index (χ0n) is 12.6. The van der Waals surface area contributed by atoms with Gasteiger partial charge in [0.2, 0.25) is 5.95 Å². The highest BCUT2D eigenvalue weighted by Gasteiger charge is 2.11. The van der Waals surface area contributed by atoms with Gasteiger partial charge in [0, 0.05) is 17.9 Å². The van der Waals surface area contributed by atoms with Crippen molar-refractivity contribution < 1.29 is 0 Å². The standard InChI is InChI=1S/C14H18ClN5S/c1-5-6-16-13-17-7-11(15)12(20-13)21-14-18-9(3)8(2)10(4)19-14/h7H,5-6H2,1-4H3,(H,16,17,20). The molecule has 0 atom stereocenters. The van der Waals surface area contributed by atoms with E-state index in [2.05, 4.69) is 32.2 Å². The summed E-state index contributed by atoms with van der Waals surface area (Å²) in [5.41, 5.74) is 3.05. The normalized spacial score (nSPS) is 10.7. The molecule has 2 heterocycles.